The molecule has 0 aliphatic rings. The van der Waals surface area contributed by atoms with Crippen LogP contribution in [-0.2, 0) is 14.3 Å². The number of benzene rings is 2. The molecule has 0 aliphatic carbocycles. The lowest BCUT2D eigenvalue weighted by Crippen LogP contribution is -2.31. The molecule has 0 amide bonds. The summed E-state index contributed by atoms with van der Waals surface area (Å²) in [7, 11) is 0. The fourth-order valence-corrected chi connectivity index (χ4v) is 2.45. The van der Waals surface area contributed by atoms with Gasteiger partial charge in [-0.15, -0.1) is 0 Å². The number of carbonyl (C=O) groups is 3. The summed E-state index contributed by atoms with van der Waals surface area (Å²) >= 11 is 0. The van der Waals surface area contributed by atoms with Gasteiger partial charge in [-0.1, -0.05) is 49.4 Å². The number of aliphatic carboxylic acids is 1. The molecule has 0 fully saturated rings. The highest BCUT2D eigenvalue weighted by Crippen LogP contribution is 2.23. The Morgan fingerprint density at radius 1 is 1.08 bits per heavy atom. The number of esters is 1. The lowest BCUT2D eigenvalue weighted by atomic mass is 9.91. The summed E-state index contributed by atoms with van der Waals surface area (Å²) in [6.07, 6.45) is -0.361. The minimum Gasteiger partial charge on any atom is -0.481 e. The number of ketones is 1. The van der Waals surface area contributed by atoms with Gasteiger partial charge in [0, 0.05) is 5.56 Å². The first-order valence-electron chi connectivity index (χ1n) is 7.88. The minimum absolute atomic E-state index is 0.334. The molecule has 1 N–H and O–H groups in total. The van der Waals surface area contributed by atoms with Gasteiger partial charge in [-0.2, -0.15) is 0 Å². The van der Waals surface area contributed by atoms with Crippen LogP contribution >= 0.6 is 0 Å². The van der Waals surface area contributed by atoms with Crippen molar-refractivity contribution in [3.8, 4) is 0 Å². The number of carboxylic acids is 1. The van der Waals surface area contributed by atoms with Crippen LogP contribution in [0.3, 0.4) is 0 Å². The first-order valence-corrected chi connectivity index (χ1v) is 7.88. The largest absolute Gasteiger partial charge is 0.481 e. The average Bonchev–Trinajstić information content (AvgIpc) is 2.58. The highest BCUT2D eigenvalue weighted by atomic mass is 16.5. The summed E-state index contributed by atoms with van der Waals surface area (Å²) in [5, 5.41) is 10.6. The van der Waals surface area contributed by atoms with Crippen molar-refractivity contribution in [3.63, 3.8) is 0 Å². The second-order valence-corrected chi connectivity index (χ2v) is 5.70. The molecule has 2 aromatic rings. The van der Waals surface area contributed by atoms with Crippen LogP contribution in [-0.4, -0.2) is 28.9 Å². The van der Waals surface area contributed by atoms with E-state index >= 15 is 0 Å². The van der Waals surface area contributed by atoms with Gasteiger partial charge in [-0.3, -0.25) is 14.4 Å². The van der Waals surface area contributed by atoms with E-state index in [0.717, 1.165) is 5.39 Å². The van der Waals surface area contributed by atoms with Gasteiger partial charge in [0.2, 0.25) is 0 Å². The highest BCUT2D eigenvalue weighted by Gasteiger charge is 2.33. The van der Waals surface area contributed by atoms with Gasteiger partial charge in [0.25, 0.3) is 0 Å². The van der Waals surface area contributed by atoms with Gasteiger partial charge in [-0.05, 0) is 24.1 Å². The summed E-state index contributed by atoms with van der Waals surface area (Å²) < 4.78 is 5.19. The molecule has 0 radical (unpaired) electrons. The summed E-state index contributed by atoms with van der Waals surface area (Å²) in [6.45, 7) is 3.55. The molecule has 0 heterocycles. The number of ether oxygens (including phenoxy) is 1. The van der Waals surface area contributed by atoms with Crippen molar-refractivity contribution < 1.29 is 24.2 Å². The van der Waals surface area contributed by atoms with Gasteiger partial charge in [0.1, 0.15) is 5.92 Å². The van der Waals surface area contributed by atoms with Gasteiger partial charge in [0.15, 0.2) is 5.78 Å². The van der Waals surface area contributed by atoms with E-state index in [0.29, 0.717) is 17.4 Å². The topological polar surface area (TPSA) is 80.7 Å². The van der Waals surface area contributed by atoms with E-state index in [2.05, 4.69) is 0 Å². The molecule has 126 valence electrons. The number of hydrogen-bond acceptors (Lipinski definition) is 4. The predicted octanol–water partition coefficient (Wildman–Crippen LogP) is 3.46. The third kappa shape index (κ3) is 3.98. The lowest BCUT2D eigenvalue weighted by molar-refractivity contribution is -0.155. The van der Waals surface area contributed by atoms with Crippen LogP contribution in [0.1, 0.15) is 37.0 Å². The summed E-state index contributed by atoms with van der Waals surface area (Å²) in [5.74, 6) is -3.87. The van der Waals surface area contributed by atoms with Gasteiger partial charge < -0.3 is 9.84 Å². The predicted molar refractivity (Wildman–Crippen MR) is 89.9 cm³/mol. The van der Waals surface area contributed by atoms with Crippen LogP contribution in [0.2, 0.25) is 0 Å². The maximum absolute atomic E-state index is 12.8. The summed E-state index contributed by atoms with van der Waals surface area (Å²) in [4.78, 5) is 36.2. The second kappa shape index (κ2) is 7.73. The highest BCUT2D eigenvalue weighted by molar-refractivity contribution is 6.16. The fourth-order valence-electron chi connectivity index (χ4n) is 2.45. The minimum atomic E-state index is -1.35. The SMILES string of the molecule is CCC(C)OC(=O)C(CC(=O)O)C(=O)c1cccc2ccccc12. The van der Waals surface area contributed by atoms with E-state index in [1.54, 1.807) is 31.2 Å². The normalized spacial score (nSPS) is 13.2. The lowest BCUT2D eigenvalue weighted by Gasteiger charge is -2.17. The molecule has 5 nitrogen and oxygen atoms in total. The van der Waals surface area contributed by atoms with Crippen molar-refractivity contribution in [1.29, 1.82) is 0 Å². The monoisotopic (exact) mass is 328 g/mol. The third-order valence-corrected chi connectivity index (χ3v) is 3.93. The van der Waals surface area contributed by atoms with E-state index in [1.807, 2.05) is 25.1 Å². The van der Waals surface area contributed by atoms with E-state index in [-0.39, 0.29) is 6.10 Å². The maximum Gasteiger partial charge on any atom is 0.317 e. The van der Waals surface area contributed by atoms with Crippen LogP contribution < -0.4 is 0 Å². The molecular formula is C19H20O5. The molecule has 0 bridgehead atoms. The van der Waals surface area contributed by atoms with Crippen LogP contribution in [0.5, 0.6) is 0 Å². The first-order chi connectivity index (χ1) is 11.4. The molecule has 0 aromatic heterocycles. The van der Waals surface area contributed by atoms with Gasteiger partial charge >= 0.3 is 11.9 Å². The Labute approximate surface area is 140 Å². The van der Waals surface area contributed by atoms with Crippen LogP contribution in [0.25, 0.3) is 10.8 Å². The molecule has 24 heavy (non-hydrogen) atoms. The molecule has 2 atom stereocenters. The van der Waals surface area contributed by atoms with E-state index in [1.165, 1.54) is 0 Å². The number of carboxylic acid groups (broad SMARTS) is 1. The third-order valence-electron chi connectivity index (χ3n) is 3.93. The number of hydrogen-bond donors (Lipinski definition) is 1. The second-order valence-electron chi connectivity index (χ2n) is 5.70. The van der Waals surface area contributed by atoms with E-state index < -0.39 is 30.1 Å². The van der Waals surface area contributed by atoms with Crippen molar-refractivity contribution in [3.05, 3.63) is 48.0 Å². The Bertz CT molecular complexity index is 760. The quantitative estimate of drug-likeness (QED) is 0.478. The Morgan fingerprint density at radius 3 is 2.42 bits per heavy atom. The van der Waals surface area contributed by atoms with Crippen molar-refractivity contribution in [2.24, 2.45) is 5.92 Å². The Balaban J connectivity index is 2.39. The number of Topliss-reactive ketones (excluding diaryl/α,β-unsaturated/α-hetero) is 1. The zero-order valence-electron chi connectivity index (χ0n) is 13.7. The van der Waals surface area contributed by atoms with Gasteiger partial charge in [-0.25, -0.2) is 0 Å². The molecule has 2 rings (SSSR count). The Hall–Kier alpha value is -2.69. The van der Waals surface area contributed by atoms with Crippen molar-refractivity contribution >= 4 is 28.5 Å². The molecule has 2 unspecified atom stereocenters. The van der Waals surface area contributed by atoms with Crippen molar-refractivity contribution in [1.82, 2.24) is 0 Å². The first kappa shape index (κ1) is 17.7. The Kier molecular flexibility index (Phi) is 5.68. The van der Waals surface area contributed by atoms with Crippen LogP contribution in [0.15, 0.2) is 42.5 Å². The van der Waals surface area contributed by atoms with Crippen molar-refractivity contribution in [2.45, 2.75) is 32.8 Å². The smallest absolute Gasteiger partial charge is 0.317 e. The number of fused-ring (bicyclic) bond motifs is 1. The Morgan fingerprint density at radius 2 is 1.75 bits per heavy atom. The van der Waals surface area contributed by atoms with Gasteiger partial charge in [0.05, 0.1) is 12.5 Å². The van der Waals surface area contributed by atoms with E-state index in [4.69, 9.17) is 9.84 Å². The van der Waals surface area contributed by atoms with Crippen LogP contribution in [0.4, 0.5) is 0 Å². The zero-order valence-corrected chi connectivity index (χ0v) is 13.7. The van der Waals surface area contributed by atoms with E-state index in [9.17, 15) is 14.4 Å². The van der Waals surface area contributed by atoms with Crippen molar-refractivity contribution in [2.75, 3.05) is 0 Å². The number of carbonyl (C=O) groups excluding carboxylic acids is 2. The average molecular weight is 328 g/mol. The number of rotatable bonds is 7. The zero-order chi connectivity index (χ0) is 17.7. The molecule has 0 aliphatic heterocycles. The molecule has 2 aromatic carbocycles. The molecular weight excluding hydrogens is 308 g/mol. The molecule has 5 heteroatoms. The van der Waals surface area contributed by atoms with Crippen LogP contribution in [0, 0.1) is 5.92 Å². The molecule has 0 saturated carbocycles. The molecule has 0 saturated heterocycles. The standard InChI is InChI=1S/C19H20O5/c1-3-12(2)24-19(23)16(11-17(20)21)18(22)15-10-6-8-13-7-4-5-9-14(13)15/h4-10,12,16H,3,11H2,1-2H3,(H,20,21). The summed E-state index contributed by atoms with van der Waals surface area (Å²) in [5.41, 5.74) is 0.334. The maximum atomic E-state index is 12.8. The summed E-state index contributed by atoms with van der Waals surface area (Å²) in [6, 6.07) is 12.5. The molecule has 0 spiro atoms. The fraction of sp³-hybridized carbons (Fsp3) is 0.316.